The van der Waals surface area contributed by atoms with E-state index in [0.29, 0.717) is 0 Å². The molecule has 0 radical (unpaired) electrons. The van der Waals surface area contributed by atoms with Gasteiger partial charge in [0.2, 0.25) is 0 Å². The summed E-state index contributed by atoms with van der Waals surface area (Å²) in [5.41, 5.74) is 2.85. The molecule has 104 valence electrons. The maximum absolute atomic E-state index is 13.2. The Morgan fingerprint density at radius 3 is 2.55 bits per heavy atom. The highest BCUT2D eigenvalue weighted by Crippen LogP contribution is 2.38. The number of benzene rings is 2. The topological polar surface area (TPSA) is 32.3 Å². The smallest absolute Gasteiger partial charge is 0.152 e. The Balaban J connectivity index is 1.87. The largest absolute Gasteiger partial charge is 0.505 e. The van der Waals surface area contributed by atoms with Crippen LogP contribution in [0.4, 0.5) is 10.1 Å². The lowest BCUT2D eigenvalue weighted by atomic mass is 10.1. The number of phenols is 1. The minimum atomic E-state index is -0.208. The first-order valence-electron chi connectivity index (χ1n) is 6.27. The maximum Gasteiger partial charge on any atom is 0.152 e. The Hall–Kier alpha value is -1.45. The zero-order valence-corrected chi connectivity index (χ0v) is 12.0. The minimum absolute atomic E-state index is 0.0993. The van der Waals surface area contributed by atoms with E-state index in [9.17, 15) is 9.50 Å². The van der Waals surface area contributed by atoms with Crippen LogP contribution in [0, 0.1) is 5.82 Å². The van der Waals surface area contributed by atoms with E-state index >= 15 is 0 Å². The molecule has 0 heterocycles. The summed E-state index contributed by atoms with van der Waals surface area (Å²) in [5.74, 6) is -0.326. The molecule has 0 aliphatic heterocycles. The van der Waals surface area contributed by atoms with Crippen LogP contribution in [0.1, 0.15) is 23.6 Å². The highest BCUT2D eigenvalue weighted by molar-refractivity contribution is 6.37. The molecule has 1 atom stereocenters. The first kappa shape index (κ1) is 13.5. The first-order chi connectivity index (χ1) is 9.54. The number of hydrogen-bond donors (Lipinski definition) is 2. The van der Waals surface area contributed by atoms with Crippen LogP contribution in [0.2, 0.25) is 10.0 Å². The zero-order valence-electron chi connectivity index (χ0n) is 10.5. The summed E-state index contributed by atoms with van der Waals surface area (Å²) in [6.07, 6.45) is 1.72. The number of rotatable bonds is 2. The molecule has 20 heavy (non-hydrogen) atoms. The van der Waals surface area contributed by atoms with Crippen LogP contribution in [0.5, 0.6) is 5.75 Å². The normalized spacial score (nSPS) is 17.1. The minimum Gasteiger partial charge on any atom is -0.505 e. The van der Waals surface area contributed by atoms with Gasteiger partial charge in [-0.3, -0.25) is 0 Å². The van der Waals surface area contributed by atoms with Crippen molar-refractivity contribution in [3.8, 4) is 5.75 Å². The number of phenolic OH excluding ortho intramolecular Hbond substituents is 1. The van der Waals surface area contributed by atoms with E-state index < -0.39 is 0 Å². The molecule has 2 nitrogen and oxygen atoms in total. The van der Waals surface area contributed by atoms with Crippen LogP contribution in [-0.4, -0.2) is 5.11 Å². The summed E-state index contributed by atoms with van der Waals surface area (Å²) in [7, 11) is 0. The third-order valence-electron chi connectivity index (χ3n) is 3.54. The summed E-state index contributed by atoms with van der Waals surface area (Å²) < 4.78 is 13.2. The molecule has 2 aromatic carbocycles. The van der Waals surface area contributed by atoms with E-state index in [4.69, 9.17) is 23.2 Å². The van der Waals surface area contributed by atoms with E-state index in [0.717, 1.165) is 29.7 Å². The molecule has 5 heteroatoms. The predicted octanol–water partition coefficient (Wildman–Crippen LogP) is 4.94. The van der Waals surface area contributed by atoms with Crippen molar-refractivity contribution < 1.29 is 9.50 Å². The highest BCUT2D eigenvalue weighted by atomic mass is 35.5. The van der Waals surface area contributed by atoms with Gasteiger partial charge in [-0.05, 0) is 48.2 Å². The molecule has 0 bridgehead atoms. The third-order valence-corrected chi connectivity index (χ3v) is 4.12. The number of aromatic hydroxyl groups is 1. The van der Waals surface area contributed by atoms with Crippen LogP contribution in [0.15, 0.2) is 30.3 Å². The number of aryl methyl sites for hydroxylation is 1. The number of anilines is 1. The molecule has 1 aliphatic rings. The summed E-state index contributed by atoms with van der Waals surface area (Å²) in [4.78, 5) is 0. The second-order valence-corrected chi connectivity index (χ2v) is 5.68. The molecule has 0 fully saturated rings. The van der Waals surface area contributed by atoms with Gasteiger partial charge >= 0.3 is 0 Å². The maximum atomic E-state index is 13.2. The summed E-state index contributed by atoms with van der Waals surface area (Å²) >= 11 is 11.8. The Labute approximate surface area is 126 Å². The fourth-order valence-corrected chi connectivity index (χ4v) is 3.07. The number of halogens is 3. The van der Waals surface area contributed by atoms with Crippen molar-refractivity contribution in [3.63, 3.8) is 0 Å². The molecule has 0 saturated carbocycles. The van der Waals surface area contributed by atoms with Crippen LogP contribution in [0.25, 0.3) is 0 Å². The van der Waals surface area contributed by atoms with Gasteiger partial charge in [0.05, 0.1) is 16.1 Å². The van der Waals surface area contributed by atoms with Crippen molar-refractivity contribution in [1.29, 1.82) is 0 Å². The third kappa shape index (κ3) is 2.43. The highest BCUT2D eigenvalue weighted by Gasteiger charge is 2.23. The van der Waals surface area contributed by atoms with Crippen LogP contribution < -0.4 is 5.32 Å². The zero-order chi connectivity index (χ0) is 14.3. The average Bonchev–Trinajstić information content (AvgIpc) is 2.78. The molecule has 0 spiro atoms. The number of fused-ring (bicyclic) bond motifs is 1. The van der Waals surface area contributed by atoms with E-state index in [-0.39, 0.29) is 27.7 Å². The SMILES string of the molecule is Oc1c(Cl)cc(NC2CCc3cc(F)ccc32)cc1Cl. The monoisotopic (exact) mass is 311 g/mol. The molecule has 2 N–H and O–H groups in total. The van der Waals surface area contributed by atoms with Crippen molar-refractivity contribution in [2.75, 3.05) is 5.32 Å². The fraction of sp³-hybridized carbons (Fsp3) is 0.200. The van der Waals surface area contributed by atoms with Gasteiger partial charge in [-0.2, -0.15) is 0 Å². The second-order valence-electron chi connectivity index (χ2n) is 4.87. The first-order valence-corrected chi connectivity index (χ1v) is 7.03. The Bertz CT molecular complexity index is 652. The summed E-state index contributed by atoms with van der Waals surface area (Å²) in [5, 5.41) is 13.3. The second kappa shape index (κ2) is 5.15. The van der Waals surface area contributed by atoms with Gasteiger partial charge in [-0.15, -0.1) is 0 Å². The van der Waals surface area contributed by atoms with Gasteiger partial charge in [0.15, 0.2) is 5.75 Å². The van der Waals surface area contributed by atoms with Crippen molar-refractivity contribution >= 4 is 28.9 Å². The molecule has 0 aromatic heterocycles. The van der Waals surface area contributed by atoms with Crippen molar-refractivity contribution in [3.05, 3.63) is 57.3 Å². The lowest BCUT2D eigenvalue weighted by molar-refractivity contribution is 0.476. The lowest BCUT2D eigenvalue weighted by Crippen LogP contribution is -2.07. The van der Waals surface area contributed by atoms with Crippen LogP contribution in [0.3, 0.4) is 0 Å². The van der Waals surface area contributed by atoms with Gasteiger partial charge in [0.1, 0.15) is 5.82 Å². The summed E-state index contributed by atoms with van der Waals surface area (Å²) in [6, 6.07) is 8.21. The quantitative estimate of drug-likeness (QED) is 0.770. The Kier molecular flexibility index (Phi) is 3.48. The number of hydrogen-bond acceptors (Lipinski definition) is 2. The molecule has 0 saturated heterocycles. The standard InChI is InChI=1S/C15H12Cl2FNO/c16-12-6-10(7-13(17)15(12)20)19-14-4-1-8-5-9(18)2-3-11(8)14/h2-3,5-7,14,19-20H,1,4H2. The average molecular weight is 312 g/mol. The van der Waals surface area contributed by atoms with Gasteiger partial charge in [-0.1, -0.05) is 29.3 Å². The van der Waals surface area contributed by atoms with Gasteiger partial charge in [0.25, 0.3) is 0 Å². The van der Waals surface area contributed by atoms with Gasteiger partial charge < -0.3 is 10.4 Å². The van der Waals surface area contributed by atoms with Crippen LogP contribution >= 0.6 is 23.2 Å². The molecule has 1 unspecified atom stereocenters. The predicted molar refractivity (Wildman–Crippen MR) is 79.2 cm³/mol. The van der Waals surface area contributed by atoms with E-state index in [1.54, 1.807) is 24.3 Å². The molecule has 3 rings (SSSR count). The molecule has 0 amide bonds. The van der Waals surface area contributed by atoms with Crippen molar-refractivity contribution in [2.45, 2.75) is 18.9 Å². The molecule has 2 aromatic rings. The number of nitrogens with one attached hydrogen (secondary N) is 1. The lowest BCUT2D eigenvalue weighted by Gasteiger charge is -2.16. The van der Waals surface area contributed by atoms with Gasteiger partial charge in [0, 0.05) is 5.69 Å². The van der Waals surface area contributed by atoms with E-state index in [1.807, 2.05) is 0 Å². The van der Waals surface area contributed by atoms with E-state index in [2.05, 4.69) is 5.32 Å². The fourth-order valence-electron chi connectivity index (χ4n) is 2.59. The van der Waals surface area contributed by atoms with E-state index in [1.165, 1.54) is 6.07 Å². The summed E-state index contributed by atoms with van der Waals surface area (Å²) in [6.45, 7) is 0. The van der Waals surface area contributed by atoms with Crippen molar-refractivity contribution in [1.82, 2.24) is 0 Å². The Morgan fingerprint density at radius 1 is 1.15 bits per heavy atom. The molecular formula is C15H12Cl2FNO. The van der Waals surface area contributed by atoms with Crippen molar-refractivity contribution in [2.24, 2.45) is 0 Å². The Morgan fingerprint density at radius 2 is 1.85 bits per heavy atom. The molecular weight excluding hydrogens is 300 g/mol. The van der Waals surface area contributed by atoms with Gasteiger partial charge in [-0.25, -0.2) is 4.39 Å². The van der Waals surface area contributed by atoms with Crippen LogP contribution in [-0.2, 0) is 6.42 Å². The molecule has 1 aliphatic carbocycles.